The lowest BCUT2D eigenvalue weighted by Crippen LogP contribution is -2.53. The highest BCUT2D eigenvalue weighted by Gasteiger charge is 2.25. The van der Waals surface area contributed by atoms with E-state index in [1.807, 2.05) is 19.1 Å². The molecule has 5 nitrogen and oxygen atoms in total. The standard InChI is InChI=1S/C21H28N4O/c1-16-6-7-20(13-17(16)2)25-11-9-24(10-12-25)18(3)21(26)23-15-19-5-4-8-22-14-19/h4-8,13-14,18H,9-12,15H2,1-3H3,(H,23,26). The van der Waals surface area contributed by atoms with Crippen LogP contribution in [0.3, 0.4) is 0 Å². The lowest BCUT2D eigenvalue weighted by Gasteiger charge is -2.38. The number of hydrogen-bond acceptors (Lipinski definition) is 4. The van der Waals surface area contributed by atoms with Crippen LogP contribution in [0.15, 0.2) is 42.7 Å². The average molecular weight is 352 g/mol. The van der Waals surface area contributed by atoms with E-state index in [1.165, 1.54) is 16.8 Å². The molecule has 0 spiro atoms. The predicted octanol–water partition coefficient (Wildman–Crippen LogP) is 2.53. The molecule has 2 aromatic rings. The molecule has 1 saturated heterocycles. The van der Waals surface area contributed by atoms with Crippen molar-refractivity contribution in [3.8, 4) is 0 Å². The molecule has 138 valence electrons. The van der Waals surface area contributed by atoms with Crippen LogP contribution in [0.25, 0.3) is 0 Å². The molecule has 1 N–H and O–H groups in total. The number of nitrogens with one attached hydrogen (secondary N) is 1. The van der Waals surface area contributed by atoms with Gasteiger partial charge in [-0.15, -0.1) is 0 Å². The third-order valence-electron chi connectivity index (χ3n) is 5.29. The van der Waals surface area contributed by atoms with Crippen LogP contribution in [-0.2, 0) is 11.3 Å². The number of rotatable bonds is 5. The number of benzene rings is 1. The molecule has 3 rings (SSSR count). The van der Waals surface area contributed by atoms with Crippen molar-refractivity contribution in [2.24, 2.45) is 0 Å². The Hall–Kier alpha value is -2.40. The second-order valence-corrected chi connectivity index (χ2v) is 7.05. The van der Waals surface area contributed by atoms with Crippen molar-refractivity contribution in [2.75, 3.05) is 31.1 Å². The van der Waals surface area contributed by atoms with Crippen LogP contribution >= 0.6 is 0 Å². The summed E-state index contributed by atoms with van der Waals surface area (Å²) in [5, 5.41) is 3.02. The minimum absolute atomic E-state index is 0.0773. The SMILES string of the molecule is Cc1ccc(N2CCN(C(C)C(=O)NCc3cccnc3)CC2)cc1C. The minimum Gasteiger partial charge on any atom is -0.369 e. The molecule has 5 heteroatoms. The molecule has 0 bridgehead atoms. The number of piperazine rings is 1. The summed E-state index contributed by atoms with van der Waals surface area (Å²) in [7, 11) is 0. The molecule has 1 aliphatic heterocycles. The Bertz CT molecular complexity index is 739. The van der Waals surface area contributed by atoms with Gasteiger partial charge in [0.25, 0.3) is 0 Å². The third-order valence-corrected chi connectivity index (χ3v) is 5.29. The lowest BCUT2D eigenvalue weighted by atomic mass is 10.1. The summed E-state index contributed by atoms with van der Waals surface area (Å²) in [6.07, 6.45) is 3.52. The van der Waals surface area contributed by atoms with Gasteiger partial charge in [0.05, 0.1) is 6.04 Å². The number of pyridine rings is 1. The van der Waals surface area contributed by atoms with Gasteiger partial charge in [0.1, 0.15) is 0 Å². The van der Waals surface area contributed by atoms with E-state index in [4.69, 9.17) is 0 Å². The Labute approximate surface area is 156 Å². The van der Waals surface area contributed by atoms with Crippen molar-refractivity contribution in [3.63, 3.8) is 0 Å². The molecule has 0 saturated carbocycles. The van der Waals surface area contributed by atoms with Crippen LogP contribution in [0.1, 0.15) is 23.6 Å². The second-order valence-electron chi connectivity index (χ2n) is 7.05. The van der Waals surface area contributed by atoms with Gasteiger partial charge in [-0.05, 0) is 55.7 Å². The maximum absolute atomic E-state index is 12.5. The molecule has 26 heavy (non-hydrogen) atoms. The summed E-state index contributed by atoms with van der Waals surface area (Å²) in [5.41, 5.74) is 4.95. The Morgan fingerprint density at radius 3 is 2.58 bits per heavy atom. The highest BCUT2D eigenvalue weighted by molar-refractivity contribution is 5.81. The van der Waals surface area contributed by atoms with Crippen LogP contribution in [0.2, 0.25) is 0 Å². The van der Waals surface area contributed by atoms with Gasteiger partial charge in [-0.2, -0.15) is 0 Å². The number of nitrogens with zero attached hydrogens (tertiary/aromatic N) is 3. The van der Waals surface area contributed by atoms with E-state index in [9.17, 15) is 4.79 Å². The van der Waals surface area contributed by atoms with Gasteiger partial charge in [0.15, 0.2) is 0 Å². The molecule has 1 aromatic carbocycles. The Morgan fingerprint density at radius 2 is 1.92 bits per heavy atom. The lowest BCUT2D eigenvalue weighted by molar-refractivity contribution is -0.126. The van der Waals surface area contributed by atoms with Gasteiger partial charge in [0, 0.05) is 50.8 Å². The molecule has 2 heterocycles. The van der Waals surface area contributed by atoms with Gasteiger partial charge in [-0.1, -0.05) is 12.1 Å². The fourth-order valence-electron chi connectivity index (χ4n) is 3.30. The van der Waals surface area contributed by atoms with Crippen molar-refractivity contribution in [1.82, 2.24) is 15.2 Å². The average Bonchev–Trinajstić information content (AvgIpc) is 2.68. The summed E-state index contributed by atoms with van der Waals surface area (Å²) < 4.78 is 0. The van der Waals surface area contributed by atoms with Crippen LogP contribution in [0.5, 0.6) is 0 Å². The highest BCUT2D eigenvalue weighted by Crippen LogP contribution is 2.20. The number of carbonyl (C=O) groups is 1. The van der Waals surface area contributed by atoms with Crippen LogP contribution in [0.4, 0.5) is 5.69 Å². The van der Waals surface area contributed by atoms with E-state index >= 15 is 0 Å². The quantitative estimate of drug-likeness (QED) is 0.898. The first-order chi connectivity index (χ1) is 12.5. The number of hydrogen-bond donors (Lipinski definition) is 1. The van der Waals surface area contributed by atoms with E-state index in [2.05, 4.69) is 52.1 Å². The fourth-order valence-corrected chi connectivity index (χ4v) is 3.30. The van der Waals surface area contributed by atoms with Gasteiger partial charge in [-0.3, -0.25) is 14.7 Å². The van der Waals surface area contributed by atoms with Crippen molar-refractivity contribution >= 4 is 11.6 Å². The molecule has 1 unspecified atom stereocenters. The minimum atomic E-state index is -0.117. The topological polar surface area (TPSA) is 48.5 Å². The molecule has 0 radical (unpaired) electrons. The molecule has 1 atom stereocenters. The highest BCUT2D eigenvalue weighted by atomic mass is 16.2. The molecular weight excluding hydrogens is 324 g/mol. The Kier molecular flexibility index (Phi) is 5.89. The largest absolute Gasteiger partial charge is 0.369 e. The maximum atomic E-state index is 12.5. The van der Waals surface area contributed by atoms with E-state index in [0.29, 0.717) is 6.54 Å². The summed E-state index contributed by atoms with van der Waals surface area (Å²) in [4.78, 5) is 21.2. The van der Waals surface area contributed by atoms with E-state index < -0.39 is 0 Å². The zero-order valence-electron chi connectivity index (χ0n) is 15.9. The van der Waals surface area contributed by atoms with Crippen molar-refractivity contribution in [2.45, 2.75) is 33.4 Å². The first kappa shape index (κ1) is 18.4. The summed E-state index contributed by atoms with van der Waals surface area (Å²) in [6, 6.07) is 10.4. The first-order valence-electron chi connectivity index (χ1n) is 9.27. The van der Waals surface area contributed by atoms with Crippen LogP contribution in [-0.4, -0.2) is 48.0 Å². The zero-order valence-corrected chi connectivity index (χ0v) is 15.9. The molecule has 1 aromatic heterocycles. The van der Waals surface area contributed by atoms with Crippen LogP contribution in [0, 0.1) is 13.8 Å². The molecule has 0 aliphatic carbocycles. The molecule has 1 amide bonds. The normalized spacial score (nSPS) is 16.3. The van der Waals surface area contributed by atoms with E-state index in [1.54, 1.807) is 12.4 Å². The summed E-state index contributed by atoms with van der Waals surface area (Å²) in [6.45, 7) is 10.5. The smallest absolute Gasteiger partial charge is 0.237 e. The number of aromatic nitrogens is 1. The number of anilines is 1. The van der Waals surface area contributed by atoms with Gasteiger partial charge in [0.2, 0.25) is 5.91 Å². The molecular formula is C21H28N4O. The number of aryl methyl sites for hydroxylation is 2. The van der Waals surface area contributed by atoms with Crippen molar-refractivity contribution < 1.29 is 4.79 Å². The third kappa shape index (κ3) is 4.41. The maximum Gasteiger partial charge on any atom is 0.237 e. The Balaban J connectivity index is 1.50. The zero-order chi connectivity index (χ0) is 18.5. The van der Waals surface area contributed by atoms with Crippen molar-refractivity contribution in [3.05, 3.63) is 59.4 Å². The first-order valence-corrected chi connectivity index (χ1v) is 9.27. The van der Waals surface area contributed by atoms with Crippen LogP contribution < -0.4 is 10.2 Å². The van der Waals surface area contributed by atoms with Crippen molar-refractivity contribution in [1.29, 1.82) is 0 Å². The number of amides is 1. The van der Waals surface area contributed by atoms with Gasteiger partial charge >= 0.3 is 0 Å². The Morgan fingerprint density at radius 1 is 1.15 bits per heavy atom. The second kappa shape index (κ2) is 8.32. The van der Waals surface area contributed by atoms with Gasteiger partial charge < -0.3 is 10.2 Å². The monoisotopic (exact) mass is 352 g/mol. The fraction of sp³-hybridized carbons (Fsp3) is 0.429. The van der Waals surface area contributed by atoms with E-state index in [0.717, 1.165) is 31.7 Å². The molecule has 1 aliphatic rings. The summed E-state index contributed by atoms with van der Waals surface area (Å²) >= 11 is 0. The summed E-state index contributed by atoms with van der Waals surface area (Å²) in [5.74, 6) is 0.0773. The number of carbonyl (C=O) groups excluding carboxylic acids is 1. The van der Waals surface area contributed by atoms with E-state index in [-0.39, 0.29) is 11.9 Å². The predicted molar refractivity (Wildman–Crippen MR) is 105 cm³/mol. The van der Waals surface area contributed by atoms with Gasteiger partial charge in [-0.25, -0.2) is 0 Å². The molecule has 1 fully saturated rings.